The molecule has 158 valence electrons. The van der Waals surface area contributed by atoms with E-state index in [4.69, 9.17) is 0 Å². The molecule has 9 nitrogen and oxygen atoms in total. The summed E-state index contributed by atoms with van der Waals surface area (Å²) in [5.74, 6) is 0.343. The van der Waals surface area contributed by atoms with Crippen molar-refractivity contribution in [3.8, 4) is 0 Å². The molecule has 1 saturated carbocycles. The van der Waals surface area contributed by atoms with Crippen LogP contribution >= 0.6 is 0 Å². The van der Waals surface area contributed by atoms with Crippen molar-refractivity contribution < 1.29 is 13.2 Å². The van der Waals surface area contributed by atoms with Crippen LogP contribution in [0.15, 0.2) is 40.5 Å². The van der Waals surface area contributed by atoms with Gasteiger partial charge in [-0.1, -0.05) is 0 Å². The lowest BCUT2D eigenvalue weighted by Gasteiger charge is -2.35. The number of benzene rings is 1. The number of nitrogens with one attached hydrogen (secondary N) is 1. The van der Waals surface area contributed by atoms with Gasteiger partial charge in [0.05, 0.1) is 34.9 Å². The first kappa shape index (κ1) is 19.3. The Kier molecular flexibility index (Phi) is 4.10. The molecule has 1 N–H and O–H groups in total. The molecule has 1 atom stereocenters. The maximum absolute atomic E-state index is 13.4. The Bertz CT molecular complexity index is 1180. The number of hydrogen-bond donors (Lipinski definition) is 1. The molecule has 3 aliphatic rings. The molecule has 30 heavy (non-hydrogen) atoms. The third kappa shape index (κ3) is 3.20. The van der Waals surface area contributed by atoms with E-state index in [0.717, 1.165) is 18.4 Å². The number of aryl methyl sites for hydroxylation is 1. The summed E-state index contributed by atoms with van der Waals surface area (Å²) >= 11 is 0. The molecule has 3 heterocycles. The molecule has 1 aromatic heterocycles. The van der Waals surface area contributed by atoms with E-state index in [1.165, 1.54) is 6.07 Å². The summed E-state index contributed by atoms with van der Waals surface area (Å²) in [5, 5.41) is 4.18. The number of guanidine groups is 1. The fraction of sp³-hybridized carbons (Fsp3) is 0.450. The van der Waals surface area contributed by atoms with Crippen molar-refractivity contribution in [1.82, 2.24) is 19.4 Å². The minimum absolute atomic E-state index is 0.0371. The molecule has 1 fully saturated rings. The molecule has 1 aliphatic carbocycles. The van der Waals surface area contributed by atoms with E-state index in [1.54, 1.807) is 27.9 Å². The second-order valence-corrected chi connectivity index (χ2v) is 10.3. The molecule has 1 amide bonds. The Balaban J connectivity index is 1.55. The SMILES string of the molecule is CC1CN2C(=N1)N(Cc1cnn(C)c1)C(=O)c1cc(S(=O)(=O)NC3(C)CC3)ccc12. The third-order valence-corrected chi connectivity index (χ3v) is 7.43. The molecule has 1 unspecified atom stereocenters. The molecule has 1 aromatic carbocycles. The molecule has 5 rings (SSSR count). The molecule has 0 radical (unpaired) electrons. The van der Waals surface area contributed by atoms with Gasteiger partial charge in [-0.05, 0) is 44.9 Å². The van der Waals surface area contributed by atoms with E-state index in [0.29, 0.717) is 30.3 Å². The van der Waals surface area contributed by atoms with Crippen molar-refractivity contribution in [3.05, 3.63) is 41.7 Å². The lowest BCUT2D eigenvalue weighted by atomic mass is 10.1. The second-order valence-electron chi connectivity index (χ2n) is 8.65. The highest BCUT2D eigenvalue weighted by Gasteiger charge is 2.43. The summed E-state index contributed by atoms with van der Waals surface area (Å²) in [6.07, 6.45) is 5.21. The number of aromatic nitrogens is 2. The van der Waals surface area contributed by atoms with Crippen molar-refractivity contribution in [2.75, 3.05) is 11.4 Å². The van der Waals surface area contributed by atoms with Crippen LogP contribution in [0.2, 0.25) is 0 Å². The predicted molar refractivity (Wildman–Crippen MR) is 112 cm³/mol. The van der Waals surface area contributed by atoms with Gasteiger partial charge in [-0.25, -0.2) is 18.1 Å². The average molecular weight is 429 g/mol. The van der Waals surface area contributed by atoms with Gasteiger partial charge in [-0.15, -0.1) is 0 Å². The van der Waals surface area contributed by atoms with Gasteiger partial charge in [0, 0.05) is 30.9 Å². The number of hydrogen-bond acceptors (Lipinski definition) is 6. The Labute approximate surface area is 175 Å². The molecule has 2 aliphatic heterocycles. The first-order valence-corrected chi connectivity index (χ1v) is 11.5. The van der Waals surface area contributed by atoms with Crippen LogP contribution in [-0.4, -0.2) is 53.1 Å². The number of nitrogens with zero attached hydrogens (tertiary/aromatic N) is 5. The zero-order valence-electron chi connectivity index (χ0n) is 17.2. The Hall–Kier alpha value is -2.72. The number of carbonyl (C=O) groups is 1. The fourth-order valence-corrected chi connectivity index (χ4v) is 5.44. The van der Waals surface area contributed by atoms with Gasteiger partial charge in [-0.2, -0.15) is 5.10 Å². The first-order chi connectivity index (χ1) is 14.2. The van der Waals surface area contributed by atoms with Crippen molar-refractivity contribution in [3.63, 3.8) is 0 Å². The lowest BCUT2D eigenvalue weighted by Crippen LogP contribution is -2.49. The van der Waals surface area contributed by atoms with Crippen LogP contribution in [0.4, 0.5) is 5.69 Å². The second kappa shape index (κ2) is 6.39. The lowest BCUT2D eigenvalue weighted by molar-refractivity contribution is 0.0833. The van der Waals surface area contributed by atoms with Crippen molar-refractivity contribution in [1.29, 1.82) is 0 Å². The molecular weight excluding hydrogens is 404 g/mol. The van der Waals surface area contributed by atoms with E-state index in [2.05, 4.69) is 14.8 Å². The minimum Gasteiger partial charge on any atom is -0.309 e. The molecular formula is C20H24N6O3S. The topological polar surface area (TPSA) is 99.9 Å². The summed E-state index contributed by atoms with van der Waals surface area (Å²) in [4.78, 5) is 21.8. The summed E-state index contributed by atoms with van der Waals surface area (Å²) < 4.78 is 30.1. The van der Waals surface area contributed by atoms with Crippen LogP contribution in [-0.2, 0) is 23.6 Å². The maximum atomic E-state index is 13.4. The van der Waals surface area contributed by atoms with Gasteiger partial charge < -0.3 is 4.90 Å². The Morgan fingerprint density at radius 2 is 2.07 bits per heavy atom. The van der Waals surface area contributed by atoms with Crippen molar-refractivity contribution in [2.24, 2.45) is 12.0 Å². The highest BCUT2D eigenvalue weighted by molar-refractivity contribution is 7.89. The number of anilines is 1. The first-order valence-electron chi connectivity index (χ1n) is 9.98. The number of carbonyl (C=O) groups excluding carboxylic acids is 1. The normalized spacial score (nSPS) is 22.0. The number of sulfonamides is 1. The van der Waals surface area contributed by atoms with Gasteiger partial charge in [0.15, 0.2) is 0 Å². The van der Waals surface area contributed by atoms with Gasteiger partial charge in [0.2, 0.25) is 16.0 Å². The maximum Gasteiger partial charge on any atom is 0.263 e. The van der Waals surface area contributed by atoms with Crippen LogP contribution < -0.4 is 9.62 Å². The van der Waals surface area contributed by atoms with Gasteiger partial charge in [-0.3, -0.25) is 14.4 Å². The molecule has 0 bridgehead atoms. The number of fused-ring (bicyclic) bond motifs is 3. The monoisotopic (exact) mass is 428 g/mol. The average Bonchev–Trinajstić information content (AvgIpc) is 3.07. The molecule has 10 heteroatoms. The Morgan fingerprint density at radius 1 is 1.30 bits per heavy atom. The van der Waals surface area contributed by atoms with E-state index in [1.807, 2.05) is 32.0 Å². The third-order valence-electron chi connectivity index (χ3n) is 5.79. The standard InChI is InChI=1S/C20H24N6O3S/c1-13-10-25-17-5-4-15(30(28,29)23-20(2)6-7-20)8-16(17)18(27)26(19(25)22-13)12-14-9-21-24(3)11-14/h4-5,8-9,11,13,23H,6-7,10,12H2,1-3H3. The van der Waals surface area contributed by atoms with Crippen molar-refractivity contribution >= 4 is 27.6 Å². The molecule has 2 aromatic rings. The van der Waals surface area contributed by atoms with Gasteiger partial charge in [0.25, 0.3) is 5.91 Å². The molecule has 0 spiro atoms. The zero-order valence-corrected chi connectivity index (χ0v) is 18.0. The fourth-order valence-electron chi connectivity index (χ4n) is 3.95. The number of rotatable bonds is 5. The van der Waals surface area contributed by atoms with Crippen LogP contribution in [0.5, 0.6) is 0 Å². The van der Waals surface area contributed by atoms with E-state index in [-0.39, 0.29) is 22.4 Å². The van der Waals surface area contributed by atoms with Gasteiger partial charge >= 0.3 is 0 Å². The summed E-state index contributed by atoms with van der Waals surface area (Å²) in [6, 6.07) is 4.81. The highest BCUT2D eigenvalue weighted by atomic mass is 32.2. The quantitative estimate of drug-likeness (QED) is 0.777. The number of aliphatic imine (C=N–C) groups is 1. The molecule has 0 saturated heterocycles. The van der Waals surface area contributed by atoms with Crippen LogP contribution in [0.25, 0.3) is 0 Å². The Morgan fingerprint density at radius 3 is 2.73 bits per heavy atom. The van der Waals surface area contributed by atoms with Crippen LogP contribution in [0.1, 0.15) is 42.6 Å². The van der Waals surface area contributed by atoms with E-state index < -0.39 is 10.0 Å². The summed E-state index contributed by atoms with van der Waals surface area (Å²) in [5.41, 5.74) is 1.57. The highest BCUT2D eigenvalue weighted by Crippen LogP contribution is 2.38. The van der Waals surface area contributed by atoms with E-state index in [9.17, 15) is 13.2 Å². The largest absolute Gasteiger partial charge is 0.309 e. The smallest absolute Gasteiger partial charge is 0.263 e. The number of amides is 1. The van der Waals surface area contributed by atoms with Crippen LogP contribution in [0, 0.1) is 0 Å². The summed E-state index contributed by atoms with van der Waals surface area (Å²) in [6.45, 7) is 4.85. The predicted octanol–water partition coefficient (Wildman–Crippen LogP) is 1.47. The minimum atomic E-state index is -3.70. The van der Waals surface area contributed by atoms with Crippen molar-refractivity contribution in [2.45, 2.75) is 49.7 Å². The summed E-state index contributed by atoms with van der Waals surface area (Å²) in [7, 11) is -1.88. The zero-order chi connectivity index (χ0) is 21.3. The van der Waals surface area contributed by atoms with E-state index >= 15 is 0 Å². The van der Waals surface area contributed by atoms with Crippen LogP contribution in [0.3, 0.4) is 0 Å². The van der Waals surface area contributed by atoms with Gasteiger partial charge in [0.1, 0.15) is 0 Å².